The maximum atomic E-state index is 10.6. The molecule has 1 fully saturated rings. The van der Waals surface area contributed by atoms with Gasteiger partial charge in [-0.3, -0.25) is 4.90 Å². The summed E-state index contributed by atoms with van der Waals surface area (Å²) in [5.41, 5.74) is 0.889. The van der Waals surface area contributed by atoms with Crippen LogP contribution in [0.1, 0.15) is 13.3 Å². The minimum absolute atomic E-state index is 0.0212. The van der Waals surface area contributed by atoms with E-state index in [9.17, 15) is 10.1 Å². The fraction of sp³-hybridized carbons (Fsp3) is 0.538. The van der Waals surface area contributed by atoms with Crippen molar-refractivity contribution in [2.45, 2.75) is 19.4 Å². The molecule has 1 saturated heterocycles. The number of aromatic nitrogens is 1. The number of nitro groups is 1. The summed E-state index contributed by atoms with van der Waals surface area (Å²) in [6.45, 7) is 5.27. The van der Waals surface area contributed by atoms with Crippen LogP contribution in [-0.4, -0.2) is 47.0 Å². The predicted molar refractivity (Wildman–Crippen MR) is 74.4 cm³/mol. The van der Waals surface area contributed by atoms with Crippen LogP contribution in [0.3, 0.4) is 0 Å². The van der Waals surface area contributed by atoms with Gasteiger partial charge in [-0.2, -0.15) is 5.26 Å². The van der Waals surface area contributed by atoms with Crippen molar-refractivity contribution in [1.29, 1.82) is 5.26 Å². The molecule has 20 heavy (non-hydrogen) atoms. The lowest BCUT2D eigenvalue weighted by Gasteiger charge is -2.37. The van der Waals surface area contributed by atoms with Crippen LogP contribution >= 0.6 is 0 Å². The van der Waals surface area contributed by atoms with E-state index in [0.717, 1.165) is 38.3 Å². The van der Waals surface area contributed by atoms with Gasteiger partial charge in [0.15, 0.2) is 6.20 Å². The number of nitriles is 1. The molecule has 0 N–H and O–H groups in total. The lowest BCUT2D eigenvalue weighted by Crippen LogP contribution is -2.50. The highest BCUT2D eigenvalue weighted by Gasteiger charge is 2.23. The molecule has 0 saturated carbocycles. The number of nitrogens with zero attached hydrogens (tertiary/aromatic N) is 5. The third-order valence-corrected chi connectivity index (χ3v) is 3.58. The lowest BCUT2D eigenvalue weighted by atomic mass is 10.2. The summed E-state index contributed by atoms with van der Waals surface area (Å²) in [6.07, 6.45) is 2.37. The van der Waals surface area contributed by atoms with E-state index in [0.29, 0.717) is 0 Å². The molecule has 1 atom stereocenters. The van der Waals surface area contributed by atoms with E-state index in [4.69, 9.17) is 5.26 Å². The average molecular weight is 275 g/mol. The molecule has 1 unspecified atom stereocenters. The van der Waals surface area contributed by atoms with Crippen molar-refractivity contribution in [3.8, 4) is 6.07 Å². The molecule has 1 aliphatic rings. The van der Waals surface area contributed by atoms with Gasteiger partial charge in [0.05, 0.1) is 17.8 Å². The summed E-state index contributed by atoms with van der Waals surface area (Å²) in [4.78, 5) is 18.2. The predicted octanol–water partition coefficient (Wildman–Crippen LogP) is 1.41. The zero-order valence-corrected chi connectivity index (χ0v) is 11.4. The molecule has 2 rings (SSSR count). The Kier molecular flexibility index (Phi) is 4.48. The Hall–Kier alpha value is -2.20. The molecule has 0 aliphatic carbocycles. The smallest absolute Gasteiger partial charge is 0.363 e. The van der Waals surface area contributed by atoms with Gasteiger partial charge in [-0.25, -0.2) is 0 Å². The summed E-state index contributed by atoms with van der Waals surface area (Å²) >= 11 is 0. The minimum Gasteiger partial charge on any atom is -0.366 e. The van der Waals surface area contributed by atoms with Crippen LogP contribution in [-0.2, 0) is 0 Å². The van der Waals surface area contributed by atoms with Crippen LogP contribution in [0.5, 0.6) is 0 Å². The third-order valence-electron chi connectivity index (χ3n) is 3.58. The number of hydrogen-bond acceptors (Lipinski definition) is 6. The number of pyridine rings is 1. The summed E-state index contributed by atoms with van der Waals surface area (Å²) < 4.78 is 0. The van der Waals surface area contributed by atoms with Gasteiger partial charge in [-0.15, -0.1) is 0 Å². The SMILES string of the molecule is CCC(C#N)N1CCN(c2ccc([N+](=O)[O-])nc2)CC1. The lowest BCUT2D eigenvalue weighted by molar-refractivity contribution is -0.389. The first-order valence-corrected chi connectivity index (χ1v) is 6.64. The Bertz CT molecular complexity index is 502. The van der Waals surface area contributed by atoms with Gasteiger partial charge in [-0.1, -0.05) is 6.92 Å². The standard InChI is InChI=1S/C13H17N5O2/c1-2-11(9-14)16-5-7-17(8-6-16)12-3-4-13(15-10-12)18(19)20/h3-4,10-11H,2,5-8H2,1H3. The Morgan fingerprint density at radius 1 is 1.45 bits per heavy atom. The first kappa shape index (κ1) is 14.2. The first-order chi connectivity index (χ1) is 9.65. The highest BCUT2D eigenvalue weighted by Crippen LogP contribution is 2.19. The van der Waals surface area contributed by atoms with E-state index in [2.05, 4.69) is 20.9 Å². The van der Waals surface area contributed by atoms with Gasteiger partial charge < -0.3 is 15.0 Å². The van der Waals surface area contributed by atoms with Crippen LogP contribution in [0.25, 0.3) is 0 Å². The summed E-state index contributed by atoms with van der Waals surface area (Å²) in [6, 6.07) is 5.44. The Morgan fingerprint density at radius 3 is 2.60 bits per heavy atom. The quantitative estimate of drug-likeness (QED) is 0.610. The Labute approximate surface area is 117 Å². The molecule has 0 bridgehead atoms. The van der Waals surface area contributed by atoms with E-state index in [1.165, 1.54) is 12.3 Å². The zero-order chi connectivity index (χ0) is 14.5. The van der Waals surface area contributed by atoms with Gasteiger partial charge >= 0.3 is 5.82 Å². The fourth-order valence-electron chi connectivity index (χ4n) is 2.40. The monoisotopic (exact) mass is 275 g/mol. The van der Waals surface area contributed by atoms with E-state index in [1.54, 1.807) is 6.07 Å². The normalized spacial score (nSPS) is 17.5. The fourth-order valence-corrected chi connectivity index (χ4v) is 2.40. The summed E-state index contributed by atoms with van der Waals surface area (Å²) in [5.74, 6) is -0.136. The maximum Gasteiger partial charge on any atom is 0.363 e. The van der Waals surface area contributed by atoms with Crippen molar-refractivity contribution in [1.82, 2.24) is 9.88 Å². The highest BCUT2D eigenvalue weighted by molar-refractivity contribution is 5.47. The van der Waals surface area contributed by atoms with Crippen LogP contribution in [0.15, 0.2) is 18.3 Å². The highest BCUT2D eigenvalue weighted by atomic mass is 16.6. The molecule has 106 valence electrons. The number of rotatable bonds is 4. The second-order valence-electron chi connectivity index (χ2n) is 4.71. The van der Waals surface area contributed by atoms with Crippen molar-refractivity contribution in [3.63, 3.8) is 0 Å². The Balaban J connectivity index is 1.97. The molecule has 1 aromatic heterocycles. The van der Waals surface area contributed by atoms with Crippen LogP contribution in [0.4, 0.5) is 11.5 Å². The number of anilines is 1. The zero-order valence-electron chi connectivity index (χ0n) is 11.4. The van der Waals surface area contributed by atoms with Crippen molar-refractivity contribution in [2.24, 2.45) is 0 Å². The molecule has 0 radical (unpaired) electrons. The third kappa shape index (κ3) is 3.03. The van der Waals surface area contributed by atoms with Crippen LogP contribution in [0, 0.1) is 21.4 Å². The maximum absolute atomic E-state index is 10.6. The Morgan fingerprint density at radius 2 is 2.15 bits per heavy atom. The van der Waals surface area contributed by atoms with E-state index < -0.39 is 4.92 Å². The molecular weight excluding hydrogens is 258 g/mol. The van der Waals surface area contributed by atoms with Crippen LogP contribution < -0.4 is 4.90 Å². The molecule has 0 spiro atoms. The average Bonchev–Trinajstić information content (AvgIpc) is 2.49. The second-order valence-corrected chi connectivity index (χ2v) is 4.71. The van der Waals surface area contributed by atoms with Crippen molar-refractivity contribution >= 4 is 11.5 Å². The molecular formula is C13H17N5O2. The van der Waals surface area contributed by atoms with E-state index in [1.807, 2.05) is 6.92 Å². The van der Waals surface area contributed by atoms with Gasteiger partial charge in [0.2, 0.25) is 0 Å². The minimum atomic E-state index is -0.500. The molecule has 7 heteroatoms. The molecule has 2 heterocycles. The molecule has 1 aliphatic heterocycles. The number of hydrogen-bond donors (Lipinski definition) is 0. The van der Waals surface area contributed by atoms with Gasteiger partial charge in [0.1, 0.15) is 0 Å². The van der Waals surface area contributed by atoms with Crippen molar-refractivity contribution in [3.05, 3.63) is 28.4 Å². The molecule has 1 aromatic rings. The van der Waals surface area contributed by atoms with Gasteiger partial charge in [-0.05, 0) is 22.4 Å². The topological polar surface area (TPSA) is 86.3 Å². The van der Waals surface area contributed by atoms with Crippen molar-refractivity contribution in [2.75, 3.05) is 31.1 Å². The molecule has 0 aromatic carbocycles. The van der Waals surface area contributed by atoms with Gasteiger partial charge in [0, 0.05) is 32.2 Å². The summed E-state index contributed by atoms with van der Waals surface area (Å²) in [7, 11) is 0. The first-order valence-electron chi connectivity index (χ1n) is 6.64. The van der Waals surface area contributed by atoms with Crippen molar-refractivity contribution < 1.29 is 4.92 Å². The van der Waals surface area contributed by atoms with Crippen LogP contribution in [0.2, 0.25) is 0 Å². The second kappa shape index (κ2) is 6.30. The molecule has 0 amide bonds. The molecule has 7 nitrogen and oxygen atoms in total. The summed E-state index contributed by atoms with van der Waals surface area (Å²) in [5, 5.41) is 19.6. The largest absolute Gasteiger partial charge is 0.366 e. The van der Waals surface area contributed by atoms with E-state index >= 15 is 0 Å². The van der Waals surface area contributed by atoms with Gasteiger partial charge in [0.25, 0.3) is 0 Å². The van der Waals surface area contributed by atoms with E-state index in [-0.39, 0.29) is 11.9 Å². The number of piperazine rings is 1.